The highest BCUT2D eigenvalue weighted by Gasteiger charge is 2.40. The number of anilines is 1. The molecule has 4 N–H and O–H groups in total. The number of aliphatic hydroxyl groups excluding tert-OH is 1. The number of aromatic nitrogens is 4. The van der Waals surface area contributed by atoms with E-state index in [4.69, 9.17) is 5.73 Å². The molecule has 1 saturated carbocycles. The van der Waals surface area contributed by atoms with Crippen molar-refractivity contribution >= 4 is 27.8 Å². The van der Waals surface area contributed by atoms with Crippen molar-refractivity contribution in [1.29, 1.82) is 0 Å². The van der Waals surface area contributed by atoms with Crippen LogP contribution in [0.4, 0.5) is 5.82 Å². The zero-order chi connectivity index (χ0) is 19.3. The van der Waals surface area contributed by atoms with E-state index in [0.717, 1.165) is 30.3 Å². The van der Waals surface area contributed by atoms with Gasteiger partial charge in [0.25, 0.3) is 0 Å². The average molecular weight is 375 g/mol. The zero-order valence-electron chi connectivity index (χ0n) is 15.9. The van der Waals surface area contributed by atoms with Crippen molar-refractivity contribution in [1.82, 2.24) is 19.5 Å². The van der Waals surface area contributed by atoms with Crippen LogP contribution in [0.2, 0.25) is 0 Å². The first-order valence-corrected chi connectivity index (χ1v) is 9.93. The summed E-state index contributed by atoms with van der Waals surface area (Å²) in [5.74, 6) is 0.949. The molecule has 0 amide bonds. The molecule has 4 aromatic rings. The monoisotopic (exact) mass is 375 g/mol. The van der Waals surface area contributed by atoms with Crippen molar-refractivity contribution < 1.29 is 5.11 Å². The second-order valence-corrected chi connectivity index (χ2v) is 8.07. The van der Waals surface area contributed by atoms with E-state index < -0.39 is 0 Å². The number of aryl methyl sites for hydroxylation is 1. The third-order valence-electron chi connectivity index (χ3n) is 6.49. The number of nitrogens with two attached hydrogens (primary N) is 1. The molecule has 6 nitrogen and oxygen atoms in total. The topological polar surface area (TPSA) is 92.8 Å². The van der Waals surface area contributed by atoms with Crippen molar-refractivity contribution in [2.75, 3.05) is 5.73 Å². The molecule has 6 heteroatoms. The van der Waals surface area contributed by atoms with E-state index in [2.05, 4.69) is 50.7 Å². The number of nitrogens with zero attached hydrogens (tertiary/aromatic N) is 3. The Labute approximate surface area is 163 Å². The van der Waals surface area contributed by atoms with Gasteiger partial charge in [-0.25, -0.2) is 9.97 Å². The highest BCUT2D eigenvalue weighted by atomic mass is 16.3. The lowest BCUT2D eigenvalue weighted by molar-refractivity contribution is 0.0888. The highest BCUT2D eigenvalue weighted by Crippen LogP contribution is 2.43. The molecule has 1 aromatic carbocycles. The molecule has 0 bridgehead atoms. The minimum atomic E-state index is -0.309. The van der Waals surface area contributed by atoms with Crippen LogP contribution in [0, 0.1) is 11.8 Å². The van der Waals surface area contributed by atoms with Crippen molar-refractivity contribution in [2.45, 2.75) is 38.3 Å². The van der Waals surface area contributed by atoms with Crippen molar-refractivity contribution in [3.05, 3.63) is 54.6 Å². The van der Waals surface area contributed by atoms with E-state index in [9.17, 15) is 5.11 Å². The van der Waals surface area contributed by atoms with Crippen LogP contribution in [0.5, 0.6) is 0 Å². The van der Waals surface area contributed by atoms with Gasteiger partial charge >= 0.3 is 0 Å². The smallest absolute Gasteiger partial charge is 0.145 e. The first kappa shape index (κ1) is 17.3. The van der Waals surface area contributed by atoms with Crippen LogP contribution in [0.15, 0.2) is 49.1 Å². The lowest BCUT2D eigenvalue weighted by Crippen LogP contribution is -2.22. The normalized spacial score (nSPS) is 25.1. The first-order valence-electron chi connectivity index (χ1n) is 9.93. The number of fused-ring (bicyclic) bond motifs is 2. The summed E-state index contributed by atoms with van der Waals surface area (Å²) in [7, 11) is 0. The molecule has 28 heavy (non-hydrogen) atoms. The summed E-state index contributed by atoms with van der Waals surface area (Å²) in [5.41, 5.74) is 9.32. The number of aliphatic hydroxyl groups is 1. The fourth-order valence-electron chi connectivity index (χ4n) is 4.84. The molecular weight excluding hydrogens is 350 g/mol. The van der Waals surface area contributed by atoms with Crippen molar-refractivity contribution in [3.8, 4) is 0 Å². The van der Waals surface area contributed by atoms with Crippen LogP contribution in [-0.4, -0.2) is 30.7 Å². The van der Waals surface area contributed by atoms with Gasteiger partial charge < -0.3 is 20.4 Å². The summed E-state index contributed by atoms with van der Waals surface area (Å²) < 4.78 is 2.17. The Bertz CT molecular complexity index is 1130. The van der Waals surface area contributed by atoms with E-state index in [0.29, 0.717) is 5.82 Å². The Morgan fingerprint density at radius 2 is 2.14 bits per heavy atom. The number of aromatic amines is 1. The van der Waals surface area contributed by atoms with Crippen molar-refractivity contribution in [3.63, 3.8) is 0 Å². The van der Waals surface area contributed by atoms with Gasteiger partial charge in [-0.3, -0.25) is 0 Å². The van der Waals surface area contributed by atoms with Crippen LogP contribution >= 0.6 is 0 Å². The maximum absolute atomic E-state index is 10.9. The second-order valence-electron chi connectivity index (χ2n) is 8.07. The quantitative estimate of drug-likeness (QED) is 0.507. The van der Waals surface area contributed by atoms with Gasteiger partial charge in [0.05, 0.1) is 11.5 Å². The number of H-pyrrole nitrogens is 1. The van der Waals surface area contributed by atoms with Crippen molar-refractivity contribution in [2.24, 2.45) is 11.8 Å². The number of nitrogen functional groups attached to an aromatic ring is 1. The molecular formula is C22H25N5O. The predicted molar refractivity (Wildman–Crippen MR) is 111 cm³/mol. The molecule has 5 rings (SSSR count). The summed E-state index contributed by atoms with van der Waals surface area (Å²) in [6.07, 6.45) is 8.10. The Morgan fingerprint density at radius 3 is 3.04 bits per heavy atom. The summed E-state index contributed by atoms with van der Waals surface area (Å²) in [6.45, 7) is 2.14. The molecule has 4 atom stereocenters. The molecule has 3 aromatic heterocycles. The van der Waals surface area contributed by atoms with Gasteiger partial charge in [0.15, 0.2) is 0 Å². The first-order chi connectivity index (χ1) is 13.6. The van der Waals surface area contributed by atoms with Gasteiger partial charge in [0.1, 0.15) is 17.8 Å². The average Bonchev–Trinajstić information content (AvgIpc) is 3.40. The van der Waals surface area contributed by atoms with Gasteiger partial charge in [-0.15, -0.1) is 0 Å². The summed E-state index contributed by atoms with van der Waals surface area (Å²) in [6, 6.07) is 10.9. The zero-order valence-corrected chi connectivity index (χ0v) is 15.9. The Balaban J connectivity index is 1.35. The second kappa shape index (κ2) is 6.63. The van der Waals surface area contributed by atoms with Crippen LogP contribution in [0.1, 0.15) is 31.4 Å². The largest absolute Gasteiger partial charge is 0.392 e. The van der Waals surface area contributed by atoms with E-state index in [-0.39, 0.29) is 24.0 Å². The van der Waals surface area contributed by atoms with Crippen LogP contribution in [0.3, 0.4) is 0 Å². The maximum Gasteiger partial charge on any atom is 0.145 e. The molecule has 0 radical (unpaired) electrons. The Kier molecular flexibility index (Phi) is 4.09. The third-order valence-corrected chi connectivity index (χ3v) is 6.49. The Hall–Kier alpha value is -2.86. The number of rotatable bonds is 4. The third kappa shape index (κ3) is 2.76. The van der Waals surface area contributed by atoms with Crippen LogP contribution in [0.25, 0.3) is 21.9 Å². The minimum absolute atomic E-state index is 0.169. The number of hydrogen-bond acceptors (Lipinski definition) is 4. The van der Waals surface area contributed by atoms with Crippen LogP contribution in [-0.2, 0) is 6.42 Å². The predicted octanol–water partition coefficient (Wildman–Crippen LogP) is 3.69. The number of benzene rings is 1. The fourth-order valence-corrected chi connectivity index (χ4v) is 4.84. The molecule has 1 aliphatic carbocycles. The lowest BCUT2D eigenvalue weighted by atomic mass is 9.94. The molecule has 0 saturated heterocycles. The van der Waals surface area contributed by atoms with Gasteiger partial charge in [-0.1, -0.05) is 19.1 Å². The molecule has 0 aliphatic heterocycles. The minimum Gasteiger partial charge on any atom is -0.392 e. The summed E-state index contributed by atoms with van der Waals surface area (Å²) in [5, 5.41) is 13.0. The number of hydrogen-bond donors (Lipinski definition) is 3. The summed E-state index contributed by atoms with van der Waals surface area (Å²) >= 11 is 0. The van der Waals surface area contributed by atoms with Gasteiger partial charge in [-0.2, -0.15) is 0 Å². The molecule has 1 fully saturated rings. The van der Waals surface area contributed by atoms with Gasteiger partial charge in [0.2, 0.25) is 0 Å². The molecule has 3 heterocycles. The SMILES string of the molecule is C[C@@H]1[C@H](O)[C@@H](CCc2ccc3cc[nH]c3c2)C[C@H]1n1ccc2c(N)ncnc21. The molecule has 1 aliphatic rings. The van der Waals surface area contributed by atoms with E-state index in [1.807, 2.05) is 18.5 Å². The molecule has 0 unspecified atom stereocenters. The Morgan fingerprint density at radius 1 is 1.25 bits per heavy atom. The van der Waals surface area contributed by atoms with E-state index in [1.165, 1.54) is 22.8 Å². The lowest BCUT2D eigenvalue weighted by Gasteiger charge is -2.20. The highest BCUT2D eigenvalue weighted by molar-refractivity contribution is 5.86. The van der Waals surface area contributed by atoms with Crippen LogP contribution < -0.4 is 5.73 Å². The summed E-state index contributed by atoms with van der Waals surface area (Å²) in [4.78, 5) is 11.8. The van der Waals surface area contributed by atoms with E-state index in [1.54, 1.807) is 0 Å². The number of nitrogens with one attached hydrogen (secondary N) is 1. The van der Waals surface area contributed by atoms with E-state index >= 15 is 0 Å². The van der Waals surface area contributed by atoms with Gasteiger partial charge in [-0.05, 0) is 54.3 Å². The fraction of sp³-hybridized carbons (Fsp3) is 0.364. The van der Waals surface area contributed by atoms with Gasteiger partial charge in [0, 0.05) is 29.9 Å². The standard InChI is InChI=1S/C22H25N5O/c1-13-19(27-9-7-17-21(23)25-12-26-22(17)27)11-16(20(13)28)5-3-14-2-4-15-6-8-24-18(15)10-14/h2,4,6-10,12-13,16,19-20,24,28H,3,5,11H2,1H3,(H2,23,25,26)/t13-,16-,19+,20-/m0/s1. The molecule has 144 valence electrons. The molecule has 0 spiro atoms. The maximum atomic E-state index is 10.9.